The molecule has 2 aliphatic rings. The van der Waals surface area contributed by atoms with Gasteiger partial charge in [0.05, 0.1) is 11.6 Å². The smallest absolute Gasteiger partial charge is 0.143 e. The van der Waals surface area contributed by atoms with Crippen LogP contribution in [0.5, 0.6) is 0 Å². The summed E-state index contributed by atoms with van der Waals surface area (Å²) < 4.78 is 8.97. The number of benzene rings is 7. The van der Waals surface area contributed by atoms with Gasteiger partial charge in [0.1, 0.15) is 11.2 Å². The summed E-state index contributed by atoms with van der Waals surface area (Å²) in [4.78, 5) is 2.57. The van der Waals surface area contributed by atoms with Crippen molar-refractivity contribution in [1.29, 1.82) is 0 Å². The number of aromatic nitrogens is 1. The third-order valence-electron chi connectivity index (χ3n) is 12.4. The zero-order chi connectivity index (χ0) is 38.7. The molecule has 278 valence electrons. The minimum absolute atomic E-state index is 0.0547. The van der Waals surface area contributed by atoms with Gasteiger partial charge in [0.15, 0.2) is 0 Å². The Bertz CT molecular complexity index is 3100. The van der Waals surface area contributed by atoms with Gasteiger partial charge >= 0.3 is 0 Å². The monoisotopic (exact) mass is 746 g/mol. The number of anilines is 2. The summed E-state index contributed by atoms with van der Waals surface area (Å²) in [6, 6.07) is 59.8. The number of fused-ring (bicyclic) bond motifs is 10. The molecule has 58 heavy (non-hydrogen) atoms. The van der Waals surface area contributed by atoms with Crippen molar-refractivity contribution in [3.05, 3.63) is 217 Å². The van der Waals surface area contributed by atoms with Crippen LogP contribution in [0.2, 0.25) is 0 Å². The van der Waals surface area contributed by atoms with Gasteiger partial charge in [-0.15, -0.1) is 0 Å². The van der Waals surface area contributed by atoms with E-state index in [1.54, 1.807) is 0 Å². The average molecular weight is 747 g/mol. The Labute approximate surface area is 339 Å². The molecule has 0 fully saturated rings. The number of hydrogen-bond acceptors (Lipinski definition) is 2. The summed E-state index contributed by atoms with van der Waals surface area (Å²) in [6.07, 6.45) is 13.6. The van der Waals surface area contributed by atoms with E-state index in [9.17, 15) is 0 Å². The van der Waals surface area contributed by atoms with Gasteiger partial charge in [-0.2, -0.15) is 0 Å². The average Bonchev–Trinajstić information content (AvgIpc) is 3.80. The second-order valence-corrected chi connectivity index (χ2v) is 15.6. The van der Waals surface area contributed by atoms with Crippen LogP contribution in [0.3, 0.4) is 0 Å². The molecule has 0 N–H and O–H groups in total. The number of allylic oxidation sites excluding steroid dienone is 3. The van der Waals surface area contributed by atoms with Crippen molar-refractivity contribution in [1.82, 2.24) is 4.57 Å². The maximum absolute atomic E-state index is 6.45. The largest absolute Gasteiger partial charge is 0.455 e. The molecule has 7 aromatic carbocycles. The van der Waals surface area contributed by atoms with Crippen LogP contribution in [0, 0.1) is 0 Å². The molecule has 0 radical (unpaired) electrons. The van der Waals surface area contributed by atoms with Crippen molar-refractivity contribution in [3.63, 3.8) is 0 Å². The number of para-hydroxylation sites is 4. The van der Waals surface area contributed by atoms with E-state index in [0.717, 1.165) is 38.8 Å². The molecule has 3 heteroatoms. The molecule has 0 spiro atoms. The lowest BCUT2D eigenvalue weighted by Gasteiger charge is -2.36. The fraction of sp³-hybridized carbons (Fsp3) is 0.0909. The predicted octanol–water partition coefficient (Wildman–Crippen LogP) is 14.8. The zero-order valence-electron chi connectivity index (χ0n) is 32.6. The van der Waals surface area contributed by atoms with Crippen LogP contribution in [-0.2, 0) is 0 Å². The normalized spacial score (nSPS) is 16.5. The molecule has 3 unspecified atom stereocenters. The summed E-state index contributed by atoms with van der Waals surface area (Å²) in [5.41, 5.74) is 16.6. The molecule has 0 saturated heterocycles. The quantitative estimate of drug-likeness (QED) is 0.169. The van der Waals surface area contributed by atoms with Gasteiger partial charge in [0.25, 0.3) is 0 Å². The van der Waals surface area contributed by atoms with Crippen LogP contribution in [-0.4, -0.2) is 10.6 Å². The van der Waals surface area contributed by atoms with E-state index < -0.39 is 0 Å². The molecule has 3 atom stereocenters. The molecular weight excluding hydrogens is 705 g/mol. The van der Waals surface area contributed by atoms with Gasteiger partial charge in [-0.3, -0.25) is 0 Å². The first-order valence-electron chi connectivity index (χ1n) is 20.4. The standard InChI is InChI=1S/C55H42N2O/c1-3-15-38-16-4-5-17-42(38)36(2)37-28-32-40(33-29-37)56-49-24-10-6-19-46(49)53-47-20-7-11-25-50(47)57(54(53)48-21-8-12-26-51(48)56)41-34-30-39(31-35-41)43-22-14-23-45-44-18-9-13-27-52(44)58-55(43)45/h3-36,48,51H,1-2H3/b15-3-. The van der Waals surface area contributed by atoms with E-state index in [1.807, 2.05) is 6.07 Å². The van der Waals surface area contributed by atoms with Crippen LogP contribution in [0.25, 0.3) is 66.9 Å². The second kappa shape index (κ2) is 13.8. The zero-order valence-corrected chi connectivity index (χ0v) is 32.6. The van der Waals surface area contributed by atoms with Crippen LogP contribution in [0.15, 0.2) is 199 Å². The molecule has 2 aromatic heterocycles. The highest BCUT2D eigenvalue weighted by Gasteiger charge is 2.38. The fourth-order valence-electron chi connectivity index (χ4n) is 9.70. The Morgan fingerprint density at radius 2 is 1.29 bits per heavy atom. The molecule has 0 amide bonds. The lowest BCUT2D eigenvalue weighted by Crippen LogP contribution is -2.35. The Morgan fingerprint density at radius 3 is 2.16 bits per heavy atom. The summed E-state index contributed by atoms with van der Waals surface area (Å²) in [5.74, 6) is 0.340. The summed E-state index contributed by atoms with van der Waals surface area (Å²) in [7, 11) is 0. The van der Waals surface area contributed by atoms with Crippen LogP contribution in [0.4, 0.5) is 11.4 Å². The summed E-state index contributed by atoms with van der Waals surface area (Å²) >= 11 is 0. The molecule has 0 saturated carbocycles. The van der Waals surface area contributed by atoms with E-state index in [4.69, 9.17) is 4.42 Å². The van der Waals surface area contributed by atoms with E-state index in [2.05, 4.69) is 217 Å². The number of rotatable bonds is 6. The van der Waals surface area contributed by atoms with Gasteiger partial charge in [-0.05, 0) is 71.6 Å². The first-order valence-corrected chi connectivity index (χ1v) is 20.4. The molecule has 1 aliphatic heterocycles. The summed E-state index contributed by atoms with van der Waals surface area (Å²) in [6.45, 7) is 4.40. The molecular formula is C55H42N2O. The lowest BCUT2D eigenvalue weighted by molar-refractivity contribution is 0.670. The van der Waals surface area contributed by atoms with Crippen LogP contribution < -0.4 is 4.90 Å². The van der Waals surface area contributed by atoms with Gasteiger partial charge in [-0.25, -0.2) is 0 Å². The Balaban J connectivity index is 1.04. The first kappa shape index (κ1) is 34.2. The third kappa shape index (κ3) is 5.34. The van der Waals surface area contributed by atoms with E-state index >= 15 is 0 Å². The molecule has 3 nitrogen and oxygen atoms in total. The molecule has 1 aliphatic carbocycles. The highest BCUT2D eigenvalue weighted by molar-refractivity contribution is 6.09. The van der Waals surface area contributed by atoms with Gasteiger partial charge in [-0.1, -0.05) is 165 Å². The van der Waals surface area contributed by atoms with Crippen molar-refractivity contribution in [2.75, 3.05) is 4.90 Å². The topological polar surface area (TPSA) is 21.3 Å². The van der Waals surface area contributed by atoms with Crippen molar-refractivity contribution in [3.8, 4) is 27.9 Å². The lowest BCUT2D eigenvalue weighted by atomic mass is 9.88. The second-order valence-electron chi connectivity index (χ2n) is 15.6. The van der Waals surface area contributed by atoms with Gasteiger partial charge < -0.3 is 13.9 Å². The minimum atomic E-state index is 0.0547. The highest BCUT2D eigenvalue weighted by atomic mass is 16.3. The van der Waals surface area contributed by atoms with Gasteiger partial charge in [0.2, 0.25) is 0 Å². The molecule has 3 heterocycles. The van der Waals surface area contributed by atoms with E-state index in [0.29, 0.717) is 0 Å². The number of hydrogen-bond donors (Lipinski definition) is 0. The fourth-order valence-corrected chi connectivity index (χ4v) is 9.70. The molecule has 11 rings (SSSR count). The van der Waals surface area contributed by atoms with Crippen molar-refractivity contribution in [2.24, 2.45) is 0 Å². The van der Waals surface area contributed by atoms with Crippen LogP contribution in [0.1, 0.15) is 48.1 Å². The van der Waals surface area contributed by atoms with E-state index in [1.165, 1.54) is 55.8 Å². The minimum Gasteiger partial charge on any atom is -0.455 e. The molecule has 0 bridgehead atoms. The first-order chi connectivity index (χ1) is 28.7. The maximum atomic E-state index is 6.45. The SMILES string of the molecule is C/C=C\c1ccccc1C(C)c1ccc(N2c3ccccc3-c3c(n(-c4ccc(-c5cccc6c5oc5ccccc56)cc4)c4ccccc34)C3C=CC=CC32)cc1. The number of nitrogens with zero attached hydrogens (tertiary/aromatic N) is 2. The Hall–Kier alpha value is -7.10. The predicted molar refractivity (Wildman–Crippen MR) is 243 cm³/mol. The summed E-state index contributed by atoms with van der Waals surface area (Å²) in [5, 5.41) is 3.55. The van der Waals surface area contributed by atoms with Crippen molar-refractivity contribution < 1.29 is 4.42 Å². The molecule has 9 aromatic rings. The Kier molecular flexibility index (Phi) is 8.15. The van der Waals surface area contributed by atoms with Crippen LogP contribution >= 0.6 is 0 Å². The van der Waals surface area contributed by atoms with Crippen molar-refractivity contribution in [2.45, 2.75) is 31.7 Å². The van der Waals surface area contributed by atoms with Gasteiger partial charge in [0, 0.05) is 67.4 Å². The van der Waals surface area contributed by atoms with E-state index in [-0.39, 0.29) is 17.9 Å². The number of furan rings is 1. The Morgan fingerprint density at radius 1 is 0.603 bits per heavy atom. The highest BCUT2D eigenvalue weighted by Crippen LogP contribution is 2.52. The van der Waals surface area contributed by atoms with Crippen molar-refractivity contribution >= 4 is 50.3 Å². The third-order valence-corrected chi connectivity index (χ3v) is 12.4. The maximum Gasteiger partial charge on any atom is 0.143 e.